The molecule has 0 unspecified atom stereocenters. The quantitative estimate of drug-likeness (QED) is 0.467. The van der Waals surface area contributed by atoms with Gasteiger partial charge in [0.15, 0.2) is 0 Å². The van der Waals surface area contributed by atoms with E-state index in [1.54, 1.807) is 6.08 Å². The first-order valence-corrected chi connectivity index (χ1v) is 4.12. The van der Waals surface area contributed by atoms with Gasteiger partial charge in [-0.25, -0.2) is 0 Å². The number of carbonyl (C=O) groups is 1. The van der Waals surface area contributed by atoms with E-state index < -0.39 is 0 Å². The second kappa shape index (κ2) is 4.61. The number of hydrogen-bond acceptors (Lipinski definition) is 2. The van der Waals surface area contributed by atoms with Gasteiger partial charge in [0.25, 0.3) is 0 Å². The summed E-state index contributed by atoms with van der Waals surface area (Å²) in [6, 6.07) is 0. The van der Waals surface area contributed by atoms with Crippen LogP contribution in [-0.2, 0) is 9.53 Å². The third-order valence-electron chi connectivity index (χ3n) is 1.97. The Bertz CT molecular complexity index is 218. The second-order valence-electron chi connectivity index (χ2n) is 2.83. The molecule has 0 saturated heterocycles. The number of ether oxygens (including phenoxy) is 1. The SMILES string of the molecule is C#C/C=C/COC(=O)C1CCC1. The van der Waals surface area contributed by atoms with Gasteiger partial charge in [-0.2, -0.15) is 0 Å². The molecular weight excluding hydrogens is 152 g/mol. The lowest BCUT2D eigenvalue weighted by Crippen LogP contribution is -2.24. The van der Waals surface area contributed by atoms with E-state index in [4.69, 9.17) is 11.2 Å². The fraction of sp³-hybridized carbons (Fsp3) is 0.500. The van der Waals surface area contributed by atoms with E-state index in [9.17, 15) is 4.79 Å². The number of allylic oxidation sites excluding steroid dienone is 1. The molecule has 0 radical (unpaired) electrons. The monoisotopic (exact) mass is 164 g/mol. The lowest BCUT2D eigenvalue weighted by molar-refractivity contribution is -0.150. The van der Waals surface area contributed by atoms with Crippen LogP contribution < -0.4 is 0 Å². The average molecular weight is 164 g/mol. The Labute approximate surface area is 72.6 Å². The molecule has 1 rings (SSSR count). The minimum absolute atomic E-state index is 0.0806. The van der Waals surface area contributed by atoms with Crippen molar-refractivity contribution in [3.63, 3.8) is 0 Å². The molecule has 0 amide bonds. The largest absolute Gasteiger partial charge is 0.461 e. The van der Waals surface area contributed by atoms with E-state index in [2.05, 4.69) is 5.92 Å². The van der Waals surface area contributed by atoms with Crippen molar-refractivity contribution >= 4 is 5.97 Å². The van der Waals surface area contributed by atoms with Crippen molar-refractivity contribution < 1.29 is 9.53 Å². The third kappa shape index (κ3) is 2.43. The topological polar surface area (TPSA) is 26.3 Å². The molecule has 0 aromatic heterocycles. The second-order valence-corrected chi connectivity index (χ2v) is 2.83. The van der Waals surface area contributed by atoms with Crippen molar-refractivity contribution in [2.24, 2.45) is 5.92 Å². The first-order chi connectivity index (χ1) is 5.84. The molecule has 0 heterocycles. The molecule has 12 heavy (non-hydrogen) atoms. The number of terminal acetylenes is 1. The number of esters is 1. The van der Waals surface area contributed by atoms with Crippen molar-refractivity contribution in [2.75, 3.05) is 6.61 Å². The Morgan fingerprint density at radius 1 is 1.67 bits per heavy atom. The summed E-state index contributed by atoms with van der Waals surface area (Å²) in [6.45, 7) is 0.305. The molecule has 1 aliphatic carbocycles. The number of rotatable bonds is 3. The van der Waals surface area contributed by atoms with Crippen molar-refractivity contribution in [3.05, 3.63) is 12.2 Å². The average Bonchev–Trinajstić information content (AvgIpc) is 1.95. The Kier molecular flexibility index (Phi) is 3.40. The lowest BCUT2D eigenvalue weighted by atomic mass is 9.86. The first kappa shape index (κ1) is 8.86. The van der Waals surface area contributed by atoms with Gasteiger partial charge in [-0.3, -0.25) is 4.79 Å². The van der Waals surface area contributed by atoms with Crippen LogP contribution >= 0.6 is 0 Å². The van der Waals surface area contributed by atoms with Crippen LogP contribution in [0.4, 0.5) is 0 Å². The summed E-state index contributed by atoms with van der Waals surface area (Å²) in [5.41, 5.74) is 0. The highest BCUT2D eigenvalue weighted by Gasteiger charge is 2.26. The standard InChI is InChI=1S/C10H12O2/c1-2-3-4-8-12-10(11)9-6-5-7-9/h1,3-4,9H,5-8H2/b4-3+. The molecule has 1 saturated carbocycles. The van der Waals surface area contributed by atoms with E-state index in [1.807, 2.05) is 0 Å². The molecule has 0 bridgehead atoms. The maximum absolute atomic E-state index is 11.1. The molecule has 1 fully saturated rings. The molecule has 0 N–H and O–H groups in total. The van der Waals surface area contributed by atoms with Crippen molar-refractivity contribution in [2.45, 2.75) is 19.3 Å². The van der Waals surface area contributed by atoms with Crippen molar-refractivity contribution in [1.29, 1.82) is 0 Å². The minimum atomic E-state index is -0.0806. The molecule has 0 aliphatic heterocycles. The van der Waals surface area contributed by atoms with Gasteiger partial charge in [-0.1, -0.05) is 12.3 Å². The summed E-state index contributed by atoms with van der Waals surface area (Å²) >= 11 is 0. The number of carbonyl (C=O) groups excluding carboxylic acids is 1. The molecule has 2 heteroatoms. The van der Waals surface area contributed by atoms with Crippen LogP contribution in [0.5, 0.6) is 0 Å². The zero-order valence-corrected chi connectivity index (χ0v) is 6.95. The van der Waals surface area contributed by atoms with Gasteiger partial charge >= 0.3 is 5.97 Å². The molecule has 0 aromatic carbocycles. The maximum Gasteiger partial charge on any atom is 0.309 e. The Hall–Kier alpha value is -1.23. The molecule has 2 nitrogen and oxygen atoms in total. The lowest BCUT2D eigenvalue weighted by Gasteiger charge is -2.22. The summed E-state index contributed by atoms with van der Waals surface area (Å²) in [5.74, 6) is 2.40. The van der Waals surface area contributed by atoms with Crippen LogP contribution in [0.25, 0.3) is 0 Å². The van der Waals surface area contributed by atoms with Crippen LogP contribution in [0.3, 0.4) is 0 Å². The highest BCUT2D eigenvalue weighted by Crippen LogP contribution is 2.27. The molecule has 0 spiro atoms. The summed E-state index contributed by atoms with van der Waals surface area (Å²) in [6.07, 6.45) is 11.3. The van der Waals surface area contributed by atoms with Crippen LogP contribution in [-0.4, -0.2) is 12.6 Å². The third-order valence-corrected chi connectivity index (χ3v) is 1.97. The van der Waals surface area contributed by atoms with Crippen LogP contribution in [0.15, 0.2) is 12.2 Å². The zero-order chi connectivity index (χ0) is 8.81. The van der Waals surface area contributed by atoms with E-state index >= 15 is 0 Å². The van der Waals surface area contributed by atoms with Gasteiger partial charge in [0.05, 0.1) is 5.92 Å². The predicted octanol–water partition coefficient (Wildman–Crippen LogP) is 1.52. The summed E-state index contributed by atoms with van der Waals surface area (Å²) < 4.78 is 4.93. The molecular formula is C10H12O2. The van der Waals surface area contributed by atoms with E-state index in [0.717, 1.165) is 19.3 Å². The highest BCUT2D eigenvalue weighted by molar-refractivity contribution is 5.73. The highest BCUT2D eigenvalue weighted by atomic mass is 16.5. The van der Waals surface area contributed by atoms with E-state index in [0.29, 0.717) is 6.61 Å². The van der Waals surface area contributed by atoms with Gasteiger partial charge in [-0.15, -0.1) is 6.42 Å². The van der Waals surface area contributed by atoms with Gasteiger partial charge in [-0.05, 0) is 25.0 Å². The smallest absolute Gasteiger partial charge is 0.309 e. The van der Waals surface area contributed by atoms with Gasteiger partial charge in [0.2, 0.25) is 0 Å². The van der Waals surface area contributed by atoms with Crippen LogP contribution in [0.2, 0.25) is 0 Å². The zero-order valence-electron chi connectivity index (χ0n) is 6.95. The van der Waals surface area contributed by atoms with Crippen LogP contribution in [0.1, 0.15) is 19.3 Å². The predicted molar refractivity (Wildman–Crippen MR) is 46.3 cm³/mol. The molecule has 1 aliphatic rings. The van der Waals surface area contributed by atoms with Crippen molar-refractivity contribution in [1.82, 2.24) is 0 Å². The van der Waals surface area contributed by atoms with Gasteiger partial charge in [0.1, 0.15) is 6.61 Å². The fourth-order valence-electron chi connectivity index (χ4n) is 1.01. The summed E-state index contributed by atoms with van der Waals surface area (Å²) in [7, 11) is 0. The molecule has 64 valence electrons. The molecule has 0 aromatic rings. The normalized spacial score (nSPS) is 16.9. The first-order valence-electron chi connectivity index (χ1n) is 4.12. The minimum Gasteiger partial charge on any atom is -0.461 e. The Morgan fingerprint density at radius 2 is 2.42 bits per heavy atom. The number of hydrogen-bond donors (Lipinski definition) is 0. The van der Waals surface area contributed by atoms with E-state index in [-0.39, 0.29) is 11.9 Å². The van der Waals surface area contributed by atoms with E-state index in [1.165, 1.54) is 6.08 Å². The van der Waals surface area contributed by atoms with Gasteiger partial charge in [0, 0.05) is 0 Å². The summed E-state index contributed by atoms with van der Waals surface area (Å²) in [4.78, 5) is 11.1. The van der Waals surface area contributed by atoms with Crippen molar-refractivity contribution in [3.8, 4) is 12.3 Å². The molecule has 0 atom stereocenters. The fourth-order valence-corrected chi connectivity index (χ4v) is 1.01. The van der Waals surface area contributed by atoms with Gasteiger partial charge < -0.3 is 4.74 Å². The maximum atomic E-state index is 11.1. The Balaban J connectivity index is 2.10. The summed E-state index contributed by atoms with van der Waals surface area (Å²) in [5, 5.41) is 0. The Morgan fingerprint density at radius 3 is 2.92 bits per heavy atom. The van der Waals surface area contributed by atoms with Crippen LogP contribution in [0, 0.1) is 18.3 Å².